The Kier molecular flexibility index (Phi) is 4.60. The van der Waals surface area contributed by atoms with E-state index in [1.807, 2.05) is 18.2 Å². The average molecular weight is 312 g/mol. The molecule has 110 valence electrons. The second kappa shape index (κ2) is 7.00. The van der Waals surface area contributed by atoms with Gasteiger partial charge < -0.3 is 0 Å². The second-order valence-electron chi connectivity index (χ2n) is 4.53. The molecular formula is C16H13FN4S. The van der Waals surface area contributed by atoms with E-state index in [1.54, 1.807) is 34.8 Å². The molecule has 0 N–H and O–H groups in total. The number of hydrogen-bond donors (Lipinski definition) is 0. The Labute approximate surface area is 131 Å². The van der Waals surface area contributed by atoms with Crippen molar-refractivity contribution in [1.82, 2.24) is 14.9 Å². The van der Waals surface area contributed by atoms with Gasteiger partial charge in [-0.15, -0.1) is 10.2 Å². The Balaban J connectivity index is 1.69. The molecule has 6 heteroatoms. The maximum absolute atomic E-state index is 13.1. The molecule has 0 amide bonds. The van der Waals surface area contributed by atoms with Crippen molar-refractivity contribution in [2.75, 3.05) is 0 Å². The van der Waals surface area contributed by atoms with E-state index in [4.69, 9.17) is 0 Å². The highest BCUT2D eigenvalue weighted by Gasteiger charge is 2.04. The molecule has 1 heterocycles. The smallest absolute Gasteiger partial charge is 0.207 e. The van der Waals surface area contributed by atoms with Crippen molar-refractivity contribution in [1.29, 1.82) is 0 Å². The van der Waals surface area contributed by atoms with E-state index in [1.165, 1.54) is 24.0 Å². The average Bonchev–Trinajstić information content (AvgIpc) is 2.99. The first-order valence-corrected chi connectivity index (χ1v) is 7.66. The Morgan fingerprint density at radius 2 is 2.00 bits per heavy atom. The SMILES string of the molecule is Fc1cccc(/C=N/n2cnnc2SCc2ccccc2)c1. The largest absolute Gasteiger partial charge is 0.212 e. The van der Waals surface area contributed by atoms with E-state index >= 15 is 0 Å². The van der Waals surface area contributed by atoms with Crippen molar-refractivity contribution >= 4 is 18.0 Å². The topological polar surface area (TPSA) is 43.1 Å². The lowest BCUT2D eigenvalue weighted by atomic mass is 10.2. The molecular weight excluding hydrogens is 299 g/mol. The molecule has 3 rings (SSSR count). The lowest BCUT2D eigenvalue weighted by Gasteiger charge is -2.01. The molecule has 0 radical (unpaired) electrons. The van der Waals surface area contributed by atoms with Crippen molar-refractivity contribution in [3.63, 3.8) is 0 Å². The van der Waals surface area contributed by atoms with Crippen molar-refractivity contribution in [3.8, 4) is 0 Å². The molecule has 4 nitrogen and oxygen atoms in total. The minimum atomic E-state index is -0.286. The number of benzene rings is 2. The summed E-state index contributed by atoms with van der Waals surface area (Å²) < 4.78 is 14.7. The lowest BCUT2D eigenvalue weighted by Crippen LogP contribution is -1.93. The fourth-order valence-corrected chi connectivity index (χ4v) is 2.65. The van der Waals surface area contributed by atoms with Crippen LogP contribution in [0.3, 0.4) is 0 Å². The fourth-order valence-electron chi connectivity index (χ4n) is 1.83. The first kappa shape index (κ1) is 14.5. The van der Waals surface area contributed by atoms with Crippen LogP contribution >= 0.6 is 11.8 Å². The first-order valence-electron chi connectivity index (χ1n) is 6.68. The molecule has 2 aromatic carbocycles. The summed E-state index contributed by atoms with van der Waals surface area (Å²) in [7, 11) is 0. The van der Waals surface area contributed by atoms with Crippen LogP contribution in [0, 0.1) is 5.82 Å². The summed E-state index contributed by atoms with van der Waals surface area (Å²) in [5.74, 6) is 0.501. The van der Waals surface area contributed by atoms with Gasteiger partial charge >= 0.3 is 0 Å². The Hall–Kier alpha value is -2.47. The van der Waals surface area contributed by atoms with Gasteiger partial charge in [0, 0.05) is 5.75 Å². The number of rotatable bonds is 5. The van der Waals surface area contributed by atoms with Crippen LogP contribution in [0.2, 0.25) is 0 Å². The molecule has 0 saturated carbocycles. The van der Waals surface area contributed by atoms with Crippen LogP contribution < -0.4 is 0 Å². The van der Waals surface area contributed by atoms with E-state index in [0.717, 1.165) is 5.75 Å². The zero-order valence-corrected chi connectivity index (χ0v) is 12.4. The molecule has 0 atom stereocenters. The number of aromatic nitrogens is 3. The quantitative estimate of drug-likeness (QED) is 0.534. The zero-order chi connectivity index (χ0) is 15.2. The predicted octanol–water partition coefficient (Wildman–Crippen LogP) is 3.59. The van der Waals surface area contributed by atoms with Gasteiger partial charge in [-0.2, -0.15) is 9.78 Å². The Bertz CT molecular complexity index is 771. The Morgan fingerprint density at radius 3 is 2.82 bits per heavy atom. The molecule has 22 heavy (non-hydrogen) atoms. The van der Waals surface area contributed by atoms with Gasteiger partial charge in [0.15, 0.2) is 0 Å². The minimum Gasteiger partial charge on any atom is -0.207 e. The molecule has 0 unspecified atom stereocenters. The third kappa shape index (κ3) is 3.79. The highest BCUT2D eigenvalue weighted by Crippen LogP contribution is 2.20. The van der Waals surface area contributed by atoms with Gasteiger partial charge in [-0.1, -0.05) is 54.2 Å². The van der Waals surface area contributed by atoms with Crippen LogP contribution in [-0.4, -0.2) is 21.1 Å². The maximum atomic E-state index is 13.1. The standard InChI is InChI=1S/C16H13FN4S/c17-15-8-4-7-14(9-15)10-19-21-12-18-20-16(21)22-11-13-5-2-1-3-6-13/h1-10,12H,11H2/b19-10+. The van der Waals surface area contributed by atoms with E-state index in [-0.39, 0.29) is 5.82 Å². The van der Waals surface area contributed by atoms with E-state index in [9.17, 15) is 4.39 Å². The highest BCUT2D eigenvalue weighted by atomic mass is 32.2. The van der Waals surface area contributed by atoms with Crippen LogP contribution in [0.1, 0.15) is 11.1 Å². The molecule has 0 fully saturated rings. The monoisotopic (exact) mass is 312 g/mol. The van der Waals surface area contributed by atoms with Crippen LogP contribution in [0.4, 0.5) is 4.39 Å². The molecule has 0 bridgehead atoms. The number of nitrogens with zero attached hydrogens (tertiary/aromatic N) is 4. The molecule has 0 saturated heterocycles. The Morgan fingerprint density at radius 1 is 1.14 bits per heavy atom. The van der Waals surface area contributed by atoms with Gasteiger partial charge in [-0.05, 0) is 23.3 Å². The third-order valence-electron chi connectivity index (χ3n) is 2.89. The molecule has 0 spiro atoms. The molecule has 1 aromatic heterocycles. The van der Waals surface area contributed by atoms with Crippen LogP contribution in [0.5, 0.6) is 0 Å². The van der Waals surface area contributed by atoms with Gasteiger partial charge in [-0.3, -0.25) is 0 Å². The first-order chi connectivity index (χ1) is 10.8. The zero-order valence-electron chi connectivity index (χ0n) is 11.6. The number of halogens is 1. The molecule has 0 aliphatic carbocycles. The lowest BCUT2D eigenvalue weighted by molar-refractivity contribution is 0.627. The summed E-state index contributed by atoms with van der Waals surface area (Å²) in [5, 5.41) is 12.9. The highest BCUT2D eigenvalue weighted by molar-refractivity contribution is 7.98. The normalized spacial score (nSPS) is 11.1. The summed E-state index contributed by atoms with van der Waals surface area (Å²) in [6.07, 6.45) is 3.11. The van der Waals surface area contributed by atoms with Gasteiger partial charge in [0.25, 0.3) is 0 Å². The third-order valence-corrected chi connectivity index (χ3v) is 3.90. The van der Waals surface area contributed by atoms with Crippen molar-refractivity contribution < 1.29 is 4.39 Å². The van der Waals surface area contributed by atoms with E-state index in [0.29, 0.717) is 10.7 Å². The van der Waals surface area contributed by atoms with Crippen molar-refractivity contribution in [2.45, 2.75) is 10.9 Å². The number of hydrogen-bond acceptors (Lipinski definition) is 4. The minimum absolute atomic E-state index is 0.286. The second-order valence-corrected chi connectivity index (χ2v) is 5.47. The van der Waals surface area contributed by atoms with Crippen molar-refractivity contribution in [2.24, 2.45) is 5.10 Å². The summed E-state index contributed by atoms with van der Waals surface area (Å²) in [4.78, 5) is 0. The summed E-state index contributed by atoms with van der Waals surface area (Å²) in [6.45, 7) is 0. The summed E-state index contributed by atoms with van der Waals surface area (Å²) >= 11 is 1.55. The van der Waals surface area contributed by atoms with Gasteiger partial charge in [-0.25, -0.2) is 4.39 Å². The van der Waals surface area contributed by atoms with Crippen LogP contribution in [0.25, 0.3) is 0 Å². The summed E-state index contributed by atoms with van der Waals surface area (Å²) in [5.41, 5.74) is 1.89. The molecule has 0 aliphatic rings. The fraction of sp³-hybridized carbons (Fsp3) is 0.0625. The van der Waals surface area contributed by atoms with E-state index in [2.05, 4.69) is 27.4 Å². The maximum Gasteiger partial charge on any atom is 0.212 e. The van der Waals surface area contributed by atoms with Gasteiger partial charge in [0.2, 0.25) is 5.16 Å². The summed E-state index contributed by atoms with van der Waals surface area (Å²) in [6, 6.07) is 16.4. The van der Waals surface area contributed by atoms with Crippen LogP contribution in [0.15, 0.2) is 71.2 Å². The van der Waals surface area contributed by atoms with E-state index < -0.39 is 0 Å². The molecule has 3 aromatic rings. The predicted molar refractivity (Wildman–Crippen MR) is 85.4 cm³/mol. The number of thioether (sulfide) groups is 1. The van der Waals surface area contributed by atoms with Gasteiger partial charge in [0.1, 0.15) is 12.1 Å². The molecule has 0 aliphatic heterocycles. The van der Waals surface area contributed by atoms with Crippen LogP contribution in [-0.2, 0) is 5.75 Å². The van der Waals surface area contributed by atoms with Crippen molar-refractivity contribution in [3.05, 3.63) is 77.9 Å². The van der Waals surface area contributed by atoms with Gasteiger partial charge in [0.05, 0.1) is 6.21 Å².